The third kappa shape index (κ3) is 3.45. The lowest BCUT2D eigenvalue weighted by Crippen LogP contribution is -2.40. The Balaban J connectivity index is 1.80. The molecule has 0 spiro atoms. The quantitative estimate of drug-likeness (QED) is 0.901. The minimum atomic E-state index is -0.504. The van der Waals surface area contributed by atoms with Gasteiger partial charge in [0.15, 0.2) is 0 Å². The molecular weight excluding hydrogens is 311 g/mol. The first kappa shape index (κ1) is 16.2. The molecular formula is C17H19FN4O2. The number of imidazole rings is 1. The molecule has 1 aromatic carbocycles. The van der Waals surface area contributed by atoms with Gasteiger partial charge in [0.05, 0.1) is 6.54 Å². The molecule has 126 valence electrons. The molecule has 0 bridgehead atoms. The van der Waals surface area contributed by atoms with Crippen molar-refractivity contribution in [1.29, 1.82) is 0 Å². The normalized spacial score (nSPS) is 15.6. The number of benzene rings is 1. The van der Waals surface area contributed by atoms with E-state index in [1.165, 1.54) is 12.1 Å². The van der Waals surface area contributed by atoms with Crippen LogP contribution in [0.1, 0.15) is 30.3 Å². The summed E-state index contributed by atoms with van der Waals surface area (Å²) in [5.74, 6) is 0.0390. The number of carbonyl (C=O) groups is 2. The Morgan fingerprint density at radius 3 is 2.71 bits per heavy atom. The fourth-order valence-corrected chi connectivity index (χ4v) is 2.86. The highest BCUT2D eigenvalue weighted by Crippen LogP contribution is 2.21. The Labute approximate surface area is 139 Å². The van der Waals surface area contributed by atoms with Crippen LogP contribution < -0.4 is 5.32 Å². The van der Waals surface area contributed by atoms with Crippen molar-refractivity contribution < 1.29 is 14.0 Å². The summed E-state index contributed by atoms with van der Waals surface area (Å²) in [5.41, 5.74) is 0.729. The number of carbonyl (C=O) groups excluding carboxylic acids is 2. The van der Waals surface area contributed by atoms with Gasteiger partial charge in [-0.3, -0.25) is 9.59 Å². The zero-order valence-corrected chi connectivity index (χ0v) is 13.4. The summed E-state index contributed by atoms with van der Waals surface area (Å²) in [6.45, 7) is 0.636. The molecule has 2 aromatic rings. The van der Waals surface area contributed by atoms with Gasteiger partial charge in [0.25, 0.3) is 0 Å². The van der Waals surface area contributed by atoms with Gasteiger partial charge in [0.2, 0.25) is 11.8 Å². The summed E-state index contributed by atoms with van der Waals surface area (Å²) in [5, 5.41) is 2.90. The molecule has 1 aromatic heterocycles. The van der Waals surface area contributed by atoms with Gasteiger partial charge in [0.1, 0.15) is 17.7 Å². The highest BCUT2D eigenvalue weighted by Gasteiger charge is 2.25. The van der Waals surface area contributed by atoms with Gasteiger partial charge in [0, 0.05) is 32.4 Å². The molecule has 3 rings (SSSR count). The number of nitrogens with zero attached hydrogens (tertiary/aromatic N) is 3. The summed E-state index contributed by atoms with van der Waals surface area (Å²) in [6, 6.07) is 5.44. The first-order chi connectivity index (χ1) is 11.5. The van der Waals surface area contributed by atoms with Crippen LogP contribution in [-0.2, 0) is 16.6 Å². The lowest BCUT2D eigenvalue weighted by atomic mass is 10.1. The molecule has 1 saturated heterocycles. The van der Waals surface area contributed by atoms with Gasteiger partial charge < -0.3 is 14.8 Å². The van der Waals surface area contributed by atoms with Crippen molar-refractivity contribution >= 4 is 11.8 Å². The van der Waals surface area contributed by atoms with E-state index in [0.29, 0.717) is 18.8 Å². The second kappa shape index (κ2) is 6.82. The zero-order chi connectivity index (χ0) is 17.1. The number of aryl methyl sites for hydroxylation is 1. The molecule has 0 saturated carbocycles. The van der Waals surface area contributed by atoms with Crippen LogP contribution in [0.4, 0.5) is 4.39 Å². The summed E-state index contributed by atoms with van der Waals surface area (Å²) < 4.78 is 15.0. The molecule has 0 aliphatic carbocycles. The smallest absolute Gasteiger partial charge is 0.240 e. The summed E-state index contributed by atoms with van der Waals surface area (Å²) in [6.07, 6.45) is 4.70. The van der Waals surface area contributed by atoms with Gasteiger partial charge in [-0.2, -0.15) is 0 Å². The van der Waals surface area contributed by atoms with Crippen LogP contribution in [-0.4, -0.2) is 39.4 Å². The van der Waals surface area contributed by atoms with E-state index in [4.69, 9.17) is 0 Å². The molecule has 7 heteroatoms. The monoisotopic (exact) mass is 330 g/mol. The Morgan fingerprint density at radius 1 is 1.38 bits per heavy atom. The maximum atomic E-state index is 13.2. The number of nitrogens with one attached hydrogen (secondary N) is 1. The number of aromatic nitrogens is 2. The second-order valence-electron chi connectivity index (χ2n) is 5.87. The number of rotatable bonds is 5. The summed E-state index contributed by atoms with van der Waals surface area (Å²) in [7, 11) is 1.83. The van der Waals surface area contributed by atoms with Crippen molar-refractivity contribution in [3.8, 4) is 0 Å². The van der Waals surface area contributed by atoms with Crippen LogP contribution in [0, 0.1) is 5.82 Å². The average molecular weight is 330 g/mol. The first-order valence-corrected chi connectivity index (χ1v) is 7.84. The Morgan fingerprint density at radius 2 is 2.12 bits per heavy atom. The van der Waals surface area contributed by atoms with Gasteiger partial charge in [-0.25, -0.2) is 9.37 Å². The Hall–Kier alpha value is -2.70. The van der Waals surface area contributed by atoms with Crippen LogP contribution in [0.25, 0.3) is 0 Å². The highest BCUT2D eigenvalue weighted by molar-refractivity contribution is 5.86. The SMILES string of the molecule is Cn1ccnc1[C@@H](NC(=O)CN1CCCC1=O)c1ccc(F)cc1. The van der Waals surface area contributed by atoms with Crippen molar-refractivity contribution in [1.82, 2.24) is 19.8 Å². The number of halogens is 1. The maximum absolute atomic E-state index is 13.2. The third-order valence-electron chi connectivity index (χ3n) is 4.13. The Kier molecular flexibility index (Phi) is 4.59. The van der Waals surface area contributed by atoms with E-state index in [9.17, 15) is 14.0 Å². The standard InChI is InChI=1S/C17H19FN4O2/c1-21-10-8-19-17(21)16(12-4-6-13(18)7-5-12)20-14(23)11-22-9-2-3-15(22)24/h4-8,10,16H,2-3,9,11H2,1H3,(H,20,23)/t16-/m0/s1. The number of likely N-dealkylation sites (tertiary alicyclic amines) is 1. The van der Waals surface area contributed by atoms with Crippen molar-refractivity contribution in [2.75, 3.05) is 13.1 Å². The van der Waals surface area contributed by atoms with E-state index >= 15 is 0 Å². The Bertz CT molecular complexity index is 741. The topological polar surface area (TPSA) is 67.2 Å². The zero-order valence-electron chi connectivity index (χ0n) is 13.4. The highest BCUT2D eigenvalue weighted by atomic mass is 19.1. The molecule has 24 heavy (non-hydrogen) atoms. The van der Waals surface area contributed by atoms with Crippen LogP contribution >= 0.6 is 0 Å². The molecule has 0 radical (unpaired) electrons. The molecule has 0 unspecified atom stereocenters. The third-order valence-corrected chi connectivity index (χ3v) is 4.13. The van der Waals surface area contributed by atoms with Crippen molar-refractivity contribution in [3.63, 3.8) is 0 Å². The van der Waals surface area contributed by atoms with E-state index in [-0.39, 0.29) is 24.2 Å². The number of hydrogen-bond donors (Lipinski definition) is 1. The van der Waals surface area contributed by atoms with E-state index < -0.39 is 6.04 Å². The van der Waals surface area contributed by atoms with Crippen LogP contribution in [0.3, 0.4) is 0 Å². The predicted molar refractivity (Wildman–Crippen MR) is 85.4 cm³/mol. The van der Waals surface area contributed by atoms with E-state index in [1.807, 2.05) is 7.05 Å². The van der Waals surface area contributed by atoms with Crippen LogP contribution in [0.15, 0.2) is 36.7 Å². The van der Waals surface area contributed by atoms with Crippen LogP contribution in [0.2, 0.25) is 0 Å². The van der Waals surface area contributed by atoms with E-state index in [2.05, 4.69) is 10.3 Å². The molecule has 1 fully saturated rings. The fraction of sp³-hybridized carbons (Fsp3) is 0.353. The summed E-state index contributed by atoms with van der Waals surface area (Å²) >= 11 is 0. The molecule has 1 atom stereocenters. The molecule has 1 aliphatic rings. The van der Waals surface area contributed by atoms with Crippen molar-refractivity contribution in [2.45, 2.75) is 18.9 Å². The second-order valence-corrected chi connectivity index (χ2v) is 5.87. The number of amides is 2. The molecule has 1 N–H and O–H groups in total. The van der Waals surface area contributed by atoms with E-state index in [0.717, 1.165) is 12.0 Å². The van der Waals surface area contributed by atoms with Gasteiger partial charge in [-0.05, 0) is 24.1 Å². The van der Waals surface area contributed by atoms with Gasteiger partial charge >= 0.3 is 0 Å². The summed E-state index contributed by atoms with van der Waals surface area (Å²) in [4.78, 5) is 29.9. The first-order valence-electron chi connectivity index (χ1n) is 7.84. The lowest BCUT2D eigenvalue weighted by molar-refractivity contribution is -0.133. The predicted octanol–water partition coefficient (Wildman–Crippen LogP) is 1.39. The van der Waals surface area contributed by atoms with Crippen LogP contribution in [0.5, 0.6) is 0 Å². The maximum Gasteiger partial charge on any atom is 0.240 e. The van der Waals surface area contributed by atoms with Crippen molar-refractivity contribution in [3.05, 3.63) is 53.9 Å². The van der Waals surface area contributed by atoms with E-state index in [1.54, 1.807) is 34.0 Å². The largest absolute Gasteiger partial charge is 0.341 e. The minimum Gasteiger partial charge on any atom is -0.341 e. The average Bonchev–Trinajstić information content (AvgIpc) is 3.15. The fourth-order valence-electron chi connectivity index (χ4n) is 2.86. The minimum absolute atomic E-state index is 0.000439. The van der Waals surface area contributed by atoms with Gasteiger partial charge in [-0.15, -0.1) is 0 Å². The molecule has 2 amide bonds. The molecule has 2 heterocycles. The lowest BCUT2D eigenvalue weighted by Gasteiger charge is -2.21. The number of hydrogen-bond acceptors (Lipinski definition) is 3. The molecule has 1 aliphatic heterocycles. The van der Waals surface area contributed by atoms with Gasteiger partial charge in [-0.1, -0.05) is 12.1 Å². The molecule has 6 nitrogen and oxygen atoms in total. The van der Waals surface area contributed by atoms with Crippen molar-refractivity contribution in [2.24, 2.45) is 7.05 Å².